The van der Waals surface area contributed by atoms with Crippen LogP contribution in [-0.2, 0) is 9.53 Å². The summed E-state index contributed by atoms with van der Waals surface area (Å²) in [6.07, 6.45) is 0.479. The van der Waals surface area contributed by atoms with Crippen LogP contribution in [0.1, 0.15) is 20.3 Å². The SMILES string of the molecule is CCOCCC(=O)N1CC(C)C(N)C1. The smallest absolute Gasteiger partial charge is 0.224 e. The fraction of sp³-hybridized carbons (Fsp3) is 0.900. The van der Waals surface area contributed by atoms with Gasteiger partial charge in [-0.25, -0.2) is 0 Å². The molecular formula is C10H20N2O2. The molecule has 1 aliphatic heterocycles. The van der Waals surface area contributed by atoms with Crippen LogP contribution in [0.2, 0.25) is 0 Å². The fourth-order valence-electron chi connectivity index (χ4n) is 1.66. The van der Waals surface area contributed by atoms with Crippen LogP contribution in [0.4, 0.5) is 0 Å². The summed E-state index contributed by atoms with van der Waals surface area (Å²) >= 11 is 0. The van der Waals surface area contributed by atoms with Crippen molar-refractivity contribution >= 4 is 5.91 Å². The van der Waals surface area contributed by atoms with Crippen LogP contribution < -0.4 is 5.73 Å². The van der Waals surface area contributed by atoms with Crippen molar-refractivity contribution in [2.75, 3.05) is 26.3 Å². The maximum absolute atomic E-state index is 11.6. The summed E-state index contributed by atoms with van der Waals surface area (Å²) in [7, 11) is 0. The Bertz CT molecular complexity index is 187. The molecule has 4 heteroatoms. The molecular weight excluding hydrogens is 180 g/mol. The quantitative estimate of drug-likeness (QED) is 0.660. The molecule has 1 rings (SSSR count). The number of nitrogens with two attached hydrogens (primary N) is 1. The molecule has 0 saturated carbocycles. The molecule has 4 nitrogen and oxygen atoms in total. The molecule has 1 saturated heterocycles. The first kappa shape index (κ1) is 11.5. The molecule has 0 radical (unpaired) electrons. The number of rotatable bonds is 4. The van der Waals surface area contributed by atoms with E-state index in [1.165, 1.54) is 0 Å². The highest BCUT2D eigenvalue weighted by atomic mass is 16.5. The highest BCUT2D eigenvalue weighted by molar-refractivity contribution is 5.76. The number of hydrogen-bond donors (Lipinski definition) is 1. The Morgan fingerprint density at radius 2 is 2.29 bits per heavy atom. The average molecular weight is 200 g/mol. The van der Waals surface area contributed by atoms with Crippen LogP contribution in [0.15, 0.2) is 0 Å². The number of hydrogen-bond acceptors (Lipinski definition) is 3. The van der Waals surface area contributed by atoms with Gasteiger partial charge in [-0.1, -0.05) is 6.92 Å². The van der Waals surface area contributed by atoms with Crippen molar-refractivity contribution < 1.29 is 9.53 Å². The minimum Gasteiger partial charge on any atom is -0.381 e. The van der Waals surface area contributed by atoms with Crippen LogP contribution in [0.3, 0.4) is 0 Å². The maximum Gasteiger partial charge on any atom is 0.224 e. The zero-order valence-electron chi connectivity index (χ0n) is 9.03. The van der Waals surface area contributed by atoms with Gasteiger partial charge in [0.1, 0.15) is 0 Å². The van der Waals surface area contributed by atoms with E-state index < -0.39 is 0 Å². The molecule has 0 spiro atoms. The molecule has 1 heterocycles. The molecule has 82 valence electrons. The highest BCUT2D eigenvalue weighted by Gasteiger charge is 2.29. The van der Waals surface area contributed by atoms with Crippen molar-refractivity contribution in [3.8, 4) is 0 Å². The molecule has 0 aromatic carbocycles. The molecule has 2 unspecified atom stereocenters. The van der Waals surface area contributed by atoms with Crippen LogP contribution in [-0.4, -0.2) is 43.2 Å². The Balaban J connectivity index is 2.25. The molecule has 14 heavy (non-hydrogen) atoms. The van der Waals surface area contributed by atoms with Crippen LogP contribution in [0.25, 0.3) is 0 Å². The second-order valence-electron chi connectivity index (χ2n) is 3.89. The monoisotopic (exact) mass is 200 g/mol. The number of ether oxygens (including phenoxy) is 1. The molecule has 1 amide bonds. The van der Waals surface area contributed by atoms with E-state index in [0.29, 0.717) is 32.1 Å². The first-order valence-corrected chi connectivity index (χ1v) is 5.26. The Kier molecular flexibility index (Phi) is 4.35. The van der Waals surface area contributed by atoms with Gasteiger partial charge in [-0.15, -0.1) is 0 Å². The minimum atomic E-state index is 0.144. The molecule has 0 bridgehead atoms. The Morgan fingerprint density at radius 1 is 1.57 bits per heavy atom. The molecule has 1 fully saturated rings. The average Bonchev–Trinajstić information content (AvgIpc) is 2.47. The van der Waals surface area contributed by atoms with Gasteiger partial charge in [0.15, 0.2) is 0 Å². The first-order chi connectivity index (χ1) is 6.65. The third kappa shape index (κ3) is 2.96. The molecule has 0 aromatic rings. The predicted octanol–water partition coefficient (Wildman–Crippen LogP) is 0.219. The zero-order valence-corrected chi connectivity index (χ0v) is 9.03. The lowest BCUT2D eigenvalue weighted by Crippen LogP contribution is -2.32. The van der Waals surface area contributed by atoms with E-state index in [-0.39, 0.29) is 11.9 Å². The maximum atomic E-state index is 11.6. The number of carbonyl (C=O) groups is 1. The van der Waals surface area contributed by atoms with Gasteiger partial charge in [0.05, 0.1) is 13.0 Å². The van der Waals surface area contributed by atoms with Gasteiger partial charge in [-0.2, -0.15) is 0 Å². The van der Waals surface area contributed by atoms with Crippen molar-refractivity contribution in [3.63, 3.8) is 0 Å². The van der Waals surface area contributed by atoms with Gasteiger partial charge in [-0.05, 0) is 12.8 Å². The molecule has 2 atom stereocenters. The second-order valence-corrected chi connectivity index (χ2v) is 3.89. The van der Waals surface area contributed by atoms with Crippen molar-refractivity contribution in [2.45, 2.75) is 26.3 Å². The number of carbonyl (C=O) groups excluding carboxylic acids is 1. The number of amides is 1. The van der Waals surface area contributed by atoms with Gasteiger partial charge in [0.25, 0.3) is 0 Å². The van der Waals surface area contributed by atoms with Crippen molar-refractivity contribution in [1.82, 2.24) is 4.90 Å². The molecule has 1 aliphatic rings. The van der Waals surface area contributed by atoms with Gasteiger partial charge < -0.3 is 15.4 Å². The number of nitrogens with zero attached hydrogens (tertiary/aromatic N) is 1. The van der Waals surface area contributed by atoms with Gasteiger partial charge >= 0.3 is 0 Å². The van der Waals surface area contributed by atoms with Gasteiger partial charge in [0.2, 0.25) is 5.91 Å². The standard InChI is InChI=1S/C10H20N2O2/c1-3-14-5-4-10(13)12-6-8(2)9(11)7-12/h8-9H,3-7,11H2,1-2H3. The summed E-state index contributed by atoms with van der Waals surface area (Å²) in [6, 6.07) is 0.144. The lowest BCUT2D eigenvalue weighted by atomic mass is 10.1. The molecule has 0 aromatic heterocycles. The molecule has 2 N–H and O–H groups in total. The van der Waals surface area contributed by atoms with Crippen LogP contribution in [0.5, 0.6) is 0 Å². The first-order valence-electron chi connectivity index (χ1n) is 5.26. The van der Waals surface area contributed by atoms with E-state index in [4.69, 9.17) is 10.5 Å². The Labute approximate surface area is 85.4 Å². The normalized spacial score (nSPS) is 26.9. The van der Waals surface area contributed by atoms with Crippen molar-refractivity contribution in [2.24, 2.45) is 11.7 Å². The summed E-state index contributed by atoms with van der Waals surface area (Å²) in [4.78, 5) is 13.4. The van der Waals surface area contributed by atoms with Crippen molar-refractivity contribution in [3.05, 3.63) is 0 Å². The van der Waals surface area contributed by atoms with Crippen LogP contribution >= 0.6 is 0 Å². The van der Waals surface area contributed by atoms with Crippen LogP contribution in [0, 0.1) is 5.92 Å². The lowest BCUT2D eigenvalue weighted by molar-refractivity contribution is -0.131. The molecule has 0 aliphatic carbocycles. The fourth-order valence-corrected chi connectivity index (χ4v) is 1.66. The second kappa shape index (κ2) is 5.32. The largest absolute Gasteiger partial charge is 0.381 e. The van der Waals surface area contributed by atoms with E-state index >= 15 is 0 Å². The Hall–Kier alpha value is -0.610. The van der Waals surface area contributed by atoms with E-state index in [0.717, 1.165) is 6.54 Å². The Morgan fingerprint density at radius 3 is 2.79 bits per heavy atom. The minimum absolute atomic E-state index is 0.144. The topological polar surface area (TPSA) is 55.6 Å². The highest BCUT2D eigenvalue weighted by Crippen LogP contribution is 2.15. The van der Waals surface area contributed by atoms with E-state index in [9.17, 15) is 4.79 Å². The summed E-state index contributed by atoms with van der Waals surface area (Å²) in [5.41, 5.74) is 5.84. The summed E-state index contributed by atoms with van der Waals surface area (Å²) in [5.74, 6) is 0.587. The lowest BCUT2D eigenvalue weighted by Gasteiger charge is -2.15. The van der Waals surface area contributed by atoms with Gasteiger partial charge in [-0.3, -0.25) is 4.79 Å². The zero-order chi connectivity index (χ0) is 10.6. The van der Waals surface area contributed by atoms with Crippen molar-refractivity contribution in [1.29, 1.82) is 0 Å². The summed E-state index contributed by atoms with van der Waals surface area (Å²) in [6.45, 7) is 6.70. The summed E-state index contributed by atoms with van der Waals surface area (Å²) in [5, 5.41) is 0. The number of likely N-dealkylation sites (tertiary alicyclic amines) is 1. The van der Waals surface area contributed by atoms with E-state index in [1.54, 1.807) is 0 Å². The summed E-state index contributed by atoms with van der Waals surface area (Å²) < 4.78 is 5.14. The predicted molar refractivity (Wildman–Crippen MR) is 54.8 cm³/mol. The van der Waals surface area contributed by atoms with E-state index in [2.05, 4.69) is 6.92 Å². The van der Waals surface area contributed by atoms with Gasteiger partial charge in [0, 0.05) is 25.7 Å². The van der Waals surface area contributed by atoms with E-state index in [1.807, 2.05) is 11.8 Å². The third-order valence-electron chi connectivity index (χ3n) is 2.69. The third-order valence-corrected chi connectivity index (χ3v) is 2.69.